The predicted octanol–water partition coefficient (Wildman–Crippen LogP) is 4.55. The Labute approximate surface area is 180 Å². The number of likely N-dealkylation sites (tertiary alicyclic amines) is 1. The Kier molecular flexibility index (Phi) is 9.04. The van der Waals surface area contributed by atoms with Crippen LogP contribution in [-0.4, -0.2) is 37.1 Å². The lowest BCUT2D eigenvalue weighted by Crippen LogP contribution is -2.29. The van der Waals surface area contributed by atoms with Gasteiger partial charge in [-0.3, -0.25) is 9.69 Å². The molecule has 3 rings (SSSR count). The smallest absolute Gasteiger partial charge is 0.220 e. The second-order valence-electron chi connectivity index (χ2n) is 7.76. The van der Waals surface area contributed by atoms with Gasteiger partial charge in [0, 0.05) is 19.5 Å². The number of nitrogens with one attached hydrogen (secondary N) is 1. The molecule has 2 aromatic carbocycles. The summed E-state index contributed by atoms with van der Waals surface area (Å²) in [6, 6.07) is 16.2. The second-order valence-corrected chi connectivity index (χ2v) is 7.76. The van der Waals surface area contributed by atoms with Gasteiger partial charge >= 0.3 is 0 Å². The van der Waals surface area contributed by atoms with E-state index in [9.17, 15) is 4.79 Å². The van der Waals surface area contributed by atoms with Gasteiger partial charge in [-0.15, -0.1) is 0 Å². The molecule has 0 atom stereocenters. The quantitative estimate of drug-likeness (QED) is 0.552. The van der Waals surface area contributed by atoms with Gasteiger partial charge < -0.3 is 14.8 Å². The van der Waals surface area contributed by atoms with Crippen molar-refractivity contribution in [3.8, 4) is 11.5 Å². The number of benzene rings is 2. The monoisotopic (exact) mass is 410 g/mol. The van der Waals surface area contributed by atoms with E-state index in [1.54, 1.807) is 0 Å². The lowest BCUT2D eigenvalue weighted by molar-refractivity contribution is -0.121. The zero-order chi connectivity index (χ0) is 21.0. The molecule has 1 N–H and O–H groups in total. The van der Waals surface area contributed by atoms with E-state index >= 15 is 0 Å². The summed E-state index contributed by atoms with van der Waals surface area (Å²) in [4.78, 5) is 14.7. The van der Waals surface area contributed by atoms with E-state index in [0.29, 0.717) is 32.6 Å². The molecule has 1 heterocycles. The third-order valence-corrected chi connectivity index (χ3v) is 5.32. The number of carbonyl (C=O) groups excluding carboxylic acids is 1. The van der Waals surface area contributed by atoms with Crippen molar-refractivity contribution in [3.05, 3.63) is 59.7 Å². The van der Waals surface area contributed by atoms with Crippen LogP contribution in [0.1, 0.15) is 50.2 Å². The van der Waals surface area contributed by atoms with Gasteiger partial charge in [-0.05, 0) is 62.5 Å². The highest BCUT2D eigenvalue weighted by Gasteiger charge is 2.10. The van der Waals surface area contributed by atoms with Crippen LogP contribution in [0.15, 0.2) is 48.5 Å². The van der Waals surface area contributed by atoms with Crippen molar-refractivity contribution in [1.82, 2.24) is 10.2 Å². The second kappa shape index (κ2) is 12.2. The average Bonchev–Trinajstić information content (AvgIpc) is 2.78. The fraction of sp³-hybridized carbons (Fsp3) is 0.480. The lowest BCUT2D eigenvalue weighted by atomic mass is 10.1. The fourth-order valence-corrected chi connectivity index (χ4v) is 3.69. The van der Waals surface area contributed by atoms with Crippen LogP contribution in [0.4, 0.5) is 0 Å². The van der Waals surface area contributed by atoms with Crippen molar-refractivity contribution in [2.45, 2.75) is 52.1 Å². The normalized spacial score (nSPS) is 14.3. The molecule has 0 aliphatic carbocycles. The molecule has 162 valence electrons. The Morgan fingerprint density at radius 2 is 1.60 bits per heavy atom. The summed E-state index contributed by atoms with van der Waals surface area (Å²) in [5.74, 6) is 1.52. The third-order valence-electron chi connectivity index (χ3n) is 5.32. The Morgan fingerprint density at radius 1 is 0.933 bits per heavy atom. The highest BCUT2D eigenvalue weighted by molar-refractivity contribution is 5.75. The minimum Gasteiger partial charge on any atom is -0.490 e. The van der Waals surface area contributed by atoms with E-state index < -0.39 is 0 Å². The van der Waals surface area contributed by atoms with E-state index in [0.717, 1.165) is 23.6 Å². The van der Waals surface area contributed by atoms with E-state index in [1.165, 1.54) is 37.9 Å². The minimum absolute atomic E-state index is 0.0501. The van der Waals surface area contributed by atoms with Gasteiger partial charge in [0.15, 0.2) is 11.5 Å². The molecule has 2 aromatic rings. The molecule has 0 saturated carbocycles. The van der Waals surface area contributed by atoms with E-state index in [2.05, 4.69) is 34.5 Å². The molecular weight excluding hydrogens is 376 g/mol. The first-order valence-electron chi connectivity index (χ1n) is 11.2. The molecular formula is C25H34N2O3. The number of piperidine rings is 1. The number of amides is 1. The molecule has 0 aromatic heterocycles. The maximum Gasteiger partial charge on any atom is 0.220 e. The largest absolute Gasteiger partial charge is 0.490 e. The first kappa shape index (κ1) is 22.2. The number of ether oxygens (including phenoxy) is 2. The summed E-state index contributed by atoms with van der Waals surface area (Å²) >= 11 is 0. The molecule has 30 heavy (non-hydrogen) atoms. The van der Waals surface area contributed by atoms with Crippen molar-refractivity contribution in [3.63, 3.8) is 0 Å². The number of hydrogen-bond donors (Lipinski definition) is 1. The van der Waals surface area contributed by atoms with Crippen molar-refractivity contribution in [2.24, 2.45) is 0 Å². The zero-order valence-corrected chi connectivity index (χ0v) is 18.1. The van der Waals surface area contributed by atoms with Gasteiger partial charge in [-0.1, -0.05) is 42.8 Å². The van der Waals surface area contributed by atoms with Gasteiger partial charge in [0.1, 0.15) is 0 Å². The third kappa shape index (κ3) is 7.38. The van der Waals surface area contributed by atoms with Crippen LogP contribution in [0.2, 0.25) is 0 Å². The van der Waals surface area contributed by atoms with Crippen molar-refractivity contribution in [2.75, 3.05) is 26.3 Å². The van der Waals surface area contributed by atoms with Crippen LogP contribution in [0, 0.1) is 0 Å². The minimum atomic E-state index is 0.0501. The van der Waals surface area contributed by atoms with Crippen molar-refractivity contribution < 1.29 is 14.3 Å². The fourth-order valence-electron chi connectivity index (χ4n) is 3.69. The van der Waals surface area contributed by atoms with Crippen LogP contribution in [-0.2, 0) is 17.9 Å². The molecule has 1 saturated heterocycles. The summed E-state index contributed by atoms with van der Waals surface area (Å²) in [6.07, 6.45) is 5.11. The summed E-state index contributed by atoms with van der Waals surface area (Å²) in [5, 5.41) is 3.00. The molecule has 5 nitrogen and oxygen atoms in total. The van der Waals surface area contributed by atoms with Gasteiger partial charge in [0.2, 0.25) is 5.91 Å². The van der Waals surface area contributed by atoms with Gasteiger partial charge in [0.25, 0.3) is 0 Å². The van der Waals surface area contributed by atoms with E-state index in [-0.39, 0.29) is 5.91 Å². The zero-order valence-electron chi connectivity index (χ0n) is 18.1. The maximum atomic E-state index is 12.1. The highest BCUT2D eigenvalue weighted by Crippen LogP contribution is 2.26. The van der Waals surface area contributed by atoms with Gasteiger partial charge in [-0.25, -0.2) is 0 Å². The molecule has 0 unspecified atom stereocenters. The Morgan fingerprint density at radius 3 is 2.30 bits per heavy atom. The van der Waals surface area contributed by atoms with Crippen LogP contribution >= 0.6 is 0 Å². The number of nitrogens with zero attached hydrogens (tertiary/aromatic N) is 1. The Balaban J connectivity index is 1.32. The Hall–Kier alpha value is -2.53. The van der Waals surface area contributed by atoms with E-state index in [4.69, 9.17) is 9.47 Å². The van der Waals surface area contributed by atoms with Crippen LogP contribution in [0.3, 0.4) is 0 Å². The molecule has 5 heteroatoms. The summed E-state index contributed by atoms with van der Waals surface area (Å²) in [6.45, 7) is 7.04. The molecule has 1 fully saturated rings. The van der Waals surface area contributed by atoms with Crippen LogP contribution in [0.5, 0.6) is 11.5 Å². The number of hydrogen-bond acceptors (Lipinski definition) is 4. The summed E-state index contributed by atoms with van der Waals surface area (Å²) in [7, 11) is 0. The maximum absolute atomic E-state index is 12.1. The first-order chi connectivity index (χ1) is 14.7. The molecule has 0 bridgehead atoms. The predicted molar refractivity (Wildman–Crippen MR) is 120 cm³/mol. The Bertz CT molecular complexity index is 770. The van der Waals surface area contributed by atoms with Crippen LogP contribution in [0.25, 0.3) is 0 Å². The standard InChI is InChI=1S/C25H34N2O3/c1-2-29-23-9-4-5-10-24(23)30-18-8-11-25(28)26-19-21-12-14-22(15-13-21)20-27-16-6-3-7-17-27/h4-5,9-10,12-15H,2-3,6-8,11,16-20H2,1H3,(H,26,28). The van der Waals surface area contributed by atoms with E-state index in [1.807, 2.05) is 31.2 Å². The average molecular weight is 411 g/mol. The van der Waals surface area contributed by atoms with Gasteiger partial charge in [0.05, 0.1) is 13.2 Å². The molecule has 1 aliphatic rings. The molecule has 0 radical (unpaired) electrons. The van der Waals surface area contributed by atoms with Crippen LogP contribution < -0.4 is 14.8 Å². The summed E-state index contributed by atoms with van der Waals surface area (Å²) in [5.41, 5.74) is 2.48. The number of para-hydroxylation sites is 2. The number of carbonyl (C=O) groups is 1. The van der Waals surface area contributed by atoms with Crippen molar-refractivity contribution >= 4 is 5.91 Å². The van der Waals surface area contributed by atoms with Gasteiger partial charge in [-0.2, -0.15) is 0 Å². The van der Waals surface area contributed by atoms with Crippen molar-refractivity contribution in [1.29, 1.82) is 0 Å². The topological polar surface area (TPSA) is 50.8 Å². The highest BCUT2D eigenvalue weighted by atomic mass is 16.5. The number of rotatable bonds is 11. The molecule has 1 aliphatic heterocycles. The SMILES string of the molecule is CCOc1ccccc1OCCCC(=O)NCc1ccc(CN2CCCCC2)cc1. The summed E-state index contributed by atoms with van der Waals surface area (Å²) < 4.78 is 11.3. The molecule has 1 amide bonds. The molecule has 0 spiro atoms. The lowest BCUT2D eigenvalue weighted by Gasteiger charge is -2.26. The first-order valence-corrected chi connectivity index (χ1v) is 11.2.